The molecule has 2 aromatic heterocycles. The maximum Gasteiger partial charge on any atom is 1.00 e. The summed E-state index contributed by atoms with van der Waals surface area (Å²) in [6.07, 6.45) is 0. The molecule has 39 heavy (non-hydrogen) atoms. The summed E-state index contributed by atoms with van der Waals surface area (Å²) in [5, 5.41) is 5.09. The van der Waals surface area contributed by atoms with Crippen LogP contribution in [-0.4, -0.2) is 37.0 Å². The molecule has 0 aliphatic heterocycles. The van der Waals surface area contributed by atoms with Gasteiger partial charge in [0.05, 0.1) is 22.4 Å². The predicted octanol–water partition coefficient (Wildman–Crippen LogP) is 4.33. The van der Waals surface area contributed by atoms with Crippen molar-refractivity contribution in [2.45, 2.75) is 105 Å². The minimum atomic E-state index is -1.09. The molecular weight excluding hydrogens is 541 g/mol. The van der Waals surface area contributed by atoms with E-state index in [-0.39, 0.29) is 20.3 Å². The van der Waals surface area contributed by atoms with E-state index in [9.17, 15) is 0 Å². The van der Waals surface area contributed by atoms with Crippen LogP contribution >= 0.6 is 22.7 Å². The molecule has 0 N–H and O–H groups in total. The summed E-state index contributed by atoms with van der Waals surface area (Å²) in [5.41, 5.74) is -1.88. The van der Waals surface area contributed by atoms with Crippen LogP contribution in [0.4, 0.5) is 0 Å². The fourth-order valence-electron chi connectivity index (χ4n) is 1.70. The maximum atomic E-state index is 5.47. The van der Waals surface area contributed by atoms with E-state index in [2.05, 4.69) is 0 Å². The molecule has 0 unspecified atom stereocenters. The Morgan fingerprint density at radius 1 is 0.513 bits per heavy atom. The van der Waals surface area contributed by atoms with Crippen molar-refractivity contribution in [3.63, 3.8) is 0 Å². The Morgan fingerprint density at radius 2 is 0.769 bits per heavy atom. The van der Waals surface area contributed by atoms with Crippen LogP contribution < -0.4 is 28.2 Å². The second kappa shape index (κ2) is 17.4. The Bertz CT molecular complexity index is 760. The first-order chi connectivity index (χ1) is 17.3. The van der Waals surface area contributed by atoms with Crippen LogP contribution in [0, 0.1) is 0 Å². The van der Waals surface area contributed by atoms with Gasteiger partial charge < -0.3 is 10.7 Å². The standard InChI is InChI=1S/2C12H21BO5S.Li.H/c2*1-11(2,3)15-17-13(18-16-12(4,5)6)14-10-8-7-9-19-10;;/h2*7-9H,1-6H3;;/q;;+1;-1. The quantitative estimate of drug-likeness (QED) is 0.204. The molecule has 218 valence electrons. The van der Waals surface area contributed by atoms with E-state index in [0.717, 1.165) is 0 Å². The van der Waals surface area contributed by atoms with Crippen molar-refractivity contribution < 1.29 is 68.4 Å². The Hall–Kier alpha value is -0.593. The SMILES string of the molecule is CC(C)(C)OOB(OOC(C)(C)C)Oc1cccs1.CC(C)(C)OOB(OOC(C)(C)C)Oc1cccs1.[H-].[Li+]. The van der Waals surface area contributed by atoms with Gasteiger partial charge in [-0.1, -0.05) is 0 Å². The zero-order valence-electron chi connectivity index (χ0n) is 26.5. The first-order valence-electron chi connectivity index (χ1n) is 12.1. The van der Waals surface area contributed by atoms with Crippen LogP contribution in [0.15, 0.2) is 35.0 Å². The molecule has 0 bridgehead atoms. The zero-order chi connectivity index (χ0) is 29.0. The van der Waals surface area contributed by atoms with Crippen LogP contribution in [0.1, 0.15) is 84.5 Å². The van der Waals surface area contributed by atoms with E-state index >= 15 is 0 Å². The largest absolute Gasteiger partial charge is 1.00 e. The van der Waals surface area contributed by atoms with Gasteiger partial charge in [-0.25, -0.2) is 38.8 Å². The molecule has 2 heterocycles. The molecule has 2 aromatic rings. The van der Waals surface area contributed by atoms with Gasteiger partial charge >= 0.3 is 33.5 Å². The van der Waals surface area contributed by atoms with E-state index in [1.807, 2.05) is 106 Å². The fourth-order valence-corrected chi connectivity index (χ4v) is 2.86. The van der Waals surface area contributed by atoms with Crippen LogP contribution in [-0.2, 0) is 38.8 Å². The molecule has 0 aliphatic rings. The Morgan fingerprint density at radius 3 is 0.949 bits per heavy atom. The second-order valence-electron chi connectivity index (χ2n) is 11.8. The number of rotatable bonds is 12. The summed E-state index contributed by atoms with van der Waals surface area (Å²) in [6.45, 7) is 22.3. The van der Waals surface area contributed by atoms with Crippen molar-refractivity contribution in [2.75, 3.05) is 0 Å². The van der Waals surface area contributed by atoms with Crippen molar-refractivity contribution in [2.24, 2.45) is 0 Å². The summed E-state index contributed by atoms with van der Waals surface area (Å²) in [6, 6.07) is 7.34. The second-order valence-corrected chi connectivity index (χ2v) is 13.7. The van der Waals surface area contributed by atoms with Gasteiger partial charge in [-0.05, 0) is 118 Å². The van der Waals surface area contributed by atoms with E-state index in [1.165, 1.54) is 22.7 Å². The molecule has 0 amide bonds. The smallest absolute Gasteiger partial charge is 1.00 e. The molecular formula is C24H43B2LiO10S2. The van der Waals surface area contributed by atoms with Crippen molar-refractivity contribution in [1.29, 1.82) is 0 Å². The van der Waals surface area contributed by atoms with E-state index in [0.29, 0.717) is 10.1 Å². The van der Waals surface area contributed by atoms with Gasteiger partial charge in [-0.15, -0.1) is 22.7 Å². The van der Waals surface area contributed by atoms with Gasteiger partial charge in [0.1, 0.15) is 0 Å². The van der Waals surface area contributed by atoms with Crippen LogP contribution in [0.25, 0.3) is 0 Å². The van der Waals surface area contributed by atoms with Crippen molar-refractivity contribution >= 4 is 37.3 Å². The molecule has 0 fully saturated rings. The predicted molar refractivity (Wildman–Crippen MR) is 150 cm³/mol. The van der Waals surface area contributed by atoms with E-state index in [4.69, 9.17) is 48.1 Å². The average Bonchev–Trinajstić information content (AvgIpc) is 3.44. The molecule has 0 saturated carbocycles. The van der Waals surface area contributed by atoms with Gasteiger partial charge in [0.2, 0.25) is 0 Å². The van der Waals surface area contributed by atoms with Crippen LogP contribution in [0.2, 0.25) is 0 Å². The normalized spacial score (nSPS) is 12.2. The molecule has 15 heteroatoms. The van der Waals surface area contributed by atoms with E-state index in [1.54, 1.807) is 12.1 Å². The average molecular weight is 584 g/mol. The summed E-state index contributed by atoms with van der Waals surface area (Å²) in [5.74, 6) is 0. The van der Waals surface area contributed by atoms with Gasteiger partial charge in [0.25, 0.3) is 0 Å². The molecule has 0 aliphatic carbocycles. The summed E-state index contributed by atoms with van der Waals surface area (Å²) < 4.78 is 10.9. The third-order valence-corrected chi connectivity index (χ3v) is 4.44. The minimum absolute atomic E-state index is 0. The molecule has 0 saturated heterocycles. The van der Waals surface area contributed by atoms with Gasteiger partial charge in [0, 0.05) is 0 Å². The third kappa shape index (κ3) is 22.7. The number of hydrogen-bond donors (Lipinski definition) is 0. The number of hydrogen-bond acceptors (Lipinski definition) is 12. The van der Waals surface area contributed by atoms with E-state index < -0.39 is 37.0 Å². The topological polar surface area (TPSA) is 92.3 Å². The van der Waals surface area contributed by atoms with Crippen LogP contribution in [0.3, 0.4) is 0 Å². The van der Waals surface area contributed by atoms with Gasteiger partial charge in [-0.2, -0.15) is 0 Å². The first kappa shape index (κ1) is 38.4. The monoisotopic (exact) mass is 584 g/mol. The Balaban J connectivity index is 0. The zero-order valence-corrected chi connectivity index (χ0v) is 27.2. The molecule has 0 radical (unpaired) electrons. The Kier molecular flexibility index (Phi) is 17.1. The van der Waals surface area contributed by atoms with Crippen molar-refractivity contribution in [3.05, 3.63) is 35.0 Å². The number of thiophene rings is 2. The van der Waals surface area contributed by atoms with Gasteiger partial charge in [0.15, 0.2) is 10.1 Å². The molecule has 0 spiro atoms. The molecule has 2 rings (SSSR count). The first-order valence-corrected chi connectivity index (χ1v) is 13.9. The summed E-state index contributed by atoms with van der Waals surface area (Å²) in [7, 11) is -2.17. The third-order valence-electron chi connectivity index (χ3n) is 2.92. The van der Waals surface area contributed by atoms with Crippen LogP contribution in [0.5, 0.6) is 10.1 Å². The van der Waals surface area contributed by atoms with Gasteiger partial charge in [-0.3, -0.25) is 0 Å². The molecule has 10 nitrogen and oxygen atoms in total. The Labute approximate surface area is 255 Å². The fraction of sp³-hybridized carbons (Fsp3) is 0.667. The summed E-state index contributed by atoms with van der Waals surface area (Å²) in [4.78, 5) is 41.2. The van der Waals surface area contributed by atoms with Crippen molar-refractivity contribution in [1.82, 2.24) is 0 Å². The minimum Gasteiger partial charge on any atom is -1.00 e. The molecule has 0 aromatic carbocycles. The summed E-state index contributed by atoms with van der Waals surface area (Å²) >= 11 is 2.85. The van der Waals surface area contributed by atoms with Crippen molar-refractivity contribution in [3.8, 4) is 10.1 Å². The maximum absolute atomic E-state index is 5.47. The molecule has 0 atom stereocenters.